The zero-order valence-electron chi connectivity index (χ0n) is 23.2. The summed E-state index contributed by atoms with van der Waals surface area (Å²) in [7, 11) is -4.08. The van der Waals surface area contributed by atoms with E-state index in [0.29, 0.717) is 17.1 Å². The van der Waals surface area contributed by atoms with Gasteiger partial charge in [-0.2, -0.15) is 0 Å². The van der Waals surface area contributed by atoms with Crippen molar-refractivity contribution in [2.45, 2.75) is 38.8 Å². The maximum Gasteiger partial charge on any atom is 0.271 e. The van der Waals surface area contributed by atoms with Crippen molar-refractivity contribution in [3.8, 4) is 0 Å². The number of unbranched alkanes of at least 4 members (excludes halogenated alkanes) is 1. The standard InChI is InChI=1S/C29H32Cl2N4O6S/c1-3-4-15-32-29(37)27(16-21-9-6-5-7-10-21)33(19-22-13-14-23(30)17-26(22)31)28(36)20-34(42(2,40)41)24-11-8-12-25(18-24)35(38)39/h5-14,17-18,27H,3-4,15-16,19-20H2,1-2H3,(H,32,37). The molecule has 42 heavy (non-hydrogen) atoms. The number of rotatable bonds is 14. The summed E-state index contributed by atoms with van der Waals surface area (Å²) in [5, 5.41) is 14.9. The summed E-state index contributed by atoms with van der Waals surface area (Å²) in [5.41, 5.74) is 0.883. The van der Waals surface area contributed by atoms with Crippen LogP contribution in [0.15, 0.2) is 72.8 Å². The Bertz CT molecular complexity index is 1520. The van der Waals surface area contributed by atoms with Crippen molar-refractivity contribution in [1.29, 1.82) is 0 Å². The molecule has 0 bridgehead atoms. The number of non-ortho nitro benzene ring substituents is 1. The van der Waals surface area contributed by atoms with Gasteiger partial charge in [-0.15, -0.1) is 0 Å². The van der Waals surface area contributed by atoms with Crippen molar-refractivity contribution in [2.75, 3.05) is 23.7 Å². The number of nitrogens with zero attached hydrogens (tertiary/aromatic N) is 3. The molecule has 1 N–H and O–H groups in total. The van der Waals surface area contributed by atoms with Gasteiger partial charge < -0.3 is 10.2 Å². The first-order valence-corrected chi connectivity index (χ1v) is 15.8. The molecule has 0 heterocycles. The van der Waals surface area contributed by atoms with Gasteiger partial charge in [-0.25, -0.2) is 8.42 Å². The Labute approximate surface area is 255 Å². The minimum absolute atomic E-state index is 0.0588. The second kappa shape index (κ2) is 15.0. The van der Waals surface area contributed by atoms with Crippen LogP contribution in [0.5, 0.6) is 0 Å². The minimum atomic E-state index is -4.08. The molecule has 0 spiro atoms. The quantitative estimate of drug-likeness (QED) is 0.147. The lowest BCUT2D eigenvalue weighted by molar-refractivity contribution is -0.384. The van der Waals surface area contributed by atoms with Gasteiger partial charge in [0, 0.05) is 41.7 Å². The maximum absolute atomic E-state index is 14.1. The molecule has 0 fully saturated rings. The fourth-order valence-electron chi connectivity index (χ4n) is 4.27. The molecule has 0 aromatic heterocycles. The molecule has 2 amide bonds. The van der Waals surface area contributed by atoms with Crippen molar-refractivity contribution in [3.05, 3.63) is 104 Å². The highest BCUT2D eigenvalue weighted by molar-refractivity contribution is 7.92. The number of amides is 2. The SMILES string of the molecule is CCCCNC(=O)C(Cc1ccccc1)N(Cc1ccc(Cl)cc1Cl)C(=O)CN(c1cccc([N+](=O)[O-])c1)S(C)(=O)=O. The predicted molar refractivity (Wildman–Crippen MR) is 164 cm³/mol. The van der Waals surface area contributed by atoms with Crippen LogP contribution < -0.4 is 9.62 Å². The van der Waals surface area contributed by atoms with Gasteiger partial charge in [0.05, 0.1) is 16.9 Å². The highest BCUT2D eigenvalue weighted by Crippen LogP contribution is 2.26. The molecular formula is C29H32Cl2N4O6S. The van der Waals surface area contributed by atoms with Gasteiger partial charge in [-0.3, -0.25) is 24.0 Å². The molecule has 0 aliphatic carbocycles. The number of benzene rings is 3. The lowest BCUT2D eigenvalue weighted by atomic mass is 10.0. The summed E-state index contributed by atoms with van der Waals surface area (Å²) in [6.45, 7) is 1.55. The minimum Gasteiger partial charge on any atom is -0.354 e. The average Bonchev–Trinajstić information content (AvgIpc) is 2.94. The fraction of sp³-hybridized carbons (Fsp3) is 0.310. The molecule has 3 aromatic rings. The maximum atomic E-state index is 14.1. The highest BCUT2D eigenvalue weighted by Gasteiger charge is 2.33. The Kier molecular flexibility index (Phi) is 11.7. The first-order valence-electron chi connectivity index (χ1n) is 13.2. The van der Waals surface area contributed by atoms with E-state index in [1.165, 1.54) is 29.2 Å². The molecule has 0 saturated carbocycles. The molecule has 3 aromatic carbocycles. The van der Waals surface area contributed by atoms with Gasteiger partial charge in [-0.05, 0) is 35.7 Å². The number of nitrogens with one attached hydrogen (secondary N) is 1. The summed E-state index contributed by atoms with van der Waals surface area (Å²) in [6.07, 6.45) is 2.62. The Morgan fingerprint density at radius 1 is 1.02 bits per heavy atom. The lowest BCUT2D eigenvalue weighted by Gasteiger charge is -2.33. The monoisotopic (exact) mass is 634 g/mol. The lowest BCUT2D eigenvalue weighted by Crippen LogP contribution is -2.53. The molecule has 0 saturated heterocycles. The number of nitro groups is 1. The Morgan fingerprint density at radius 2 is 1.74 bits per heavy atom. The number of nitro benzene ring substituents is 1. The molecular weight excluding hydrogens is 603 g/mol. The molecule has 0 aliphatic heterocycles. The van der Waals surface area contributed by atoms with Crippen LogP contribution in [0.3, 0.4) is 0 Å². The van der Waals surface area contributed by atoms with E-state index in [2.05, 4.69) is 5.32 Å². The Morgan fingerprint density at radius 3 is 2.36 bits per heavy atom. The third-order valence-corrected chi connectivity index (χ3v) is 8.19. The number of anilines is 1. The zero-order valence-corrected chi connectivity index (χ0v) is 25.5. The van der Waals surface area contributed by atoms with Crippen molar-refractivity contribution in [2.24, 2.45) is 0 Å². The van der Waals surface area contributed by atoms with Crippen LogP contribution in [-0.2, 0) is 32.6 Å². The van der Waals surface area contributed by atoms with Gasteiger partial charge in [0.2, 0.25) is 21.8 Å². The molecule has 224 valence electrons. The number of carbonyl (C=O) groups excluding carboxylic acids is 2. The first kappa shape index (κ1) is 32.8. The van der Waals surface area contributed by atoms with Gasteiger partial charge >= 0.3 is 0 Å². The molecule has 1 atom stereocenters. The van der Waals surface area contributed by atoms with Crippen molar-refractivity contribution in [1.82, 2.24) is 10.2 Å². The molecule has 3 rings (SSSR count). The van der Waals surface area contributed by atoms with Crippen LogP contribution in [0.1, 0.15) is 30.9 Å². The van der Waals surface area contributed by atoms with E-state index >= 15 is 0 Å². The van der Waals surface area contributed by atoms with E-state index in [9.17, 15) is 28.1 Å². The second-order valence-corrected chi connectivity index (χ2v) is 12.4. The molecule has 0 radical (unpaired) electrons. The van der Waals surface area contributed by atoms with Gasteiger partial charge in [0.1, 0.15) is 12.6 Å². The van der Waals surface area contributed by atoms with E-state index in [-0.39, 0.29) is 29.4 Å². The third kappa shape index (κ3) is 9.17. The smallest absolute Gasteiger partial charge is 0.271 e. The van der Waals surface area contributed by atoms with E-state index in [1.807, 2.05) is 37.3 Å². The van der Waals surface area contributed by atoms with Crippen LogP contribution in [0.2, 0.25) is 10.0 Å². The van der Waals surface area contributed by atoms with Crippen LogP contribution in [-0.4, -0.2) is 55.4 Å². The normalized spacial score (nSPS) is 11.9. The molecule has 13 heteroatoms. The van der Waals surface area contributed by atoms with Crippen molar-refractivity contribution >= 4 is 56.4 Å². The van der Waals surface area contributed by atoms with E-state index < -0.39 is 39.3 Å². The number of hydrogen-bond donors (Lipinski definition) is 1. The number of hydrogen-bond acceptors (Lipinski definition) is 6. The fourth-order valence-corrected chi connectivity index (χ4v) is 5.58. The average molecular weight is 636 g/mol. The zero-order chi connectivity index (χ0) is 30.9. The van der Waals surface area contributed by atoms with Gasteiger partial charge in [-0.1, -0.05) is 79.0 Å². The Hall–Kier alpha value is -3.67. The first-order chi connectivity index (χ1) is 19.9. The molecule has 0 aliphatic rings. The molecule has 10 nitrogen and oxygen atoms in total. The molecule has 1 unspecified atom stereocenters. The second-order valence-electron chi connectivity index (χ2n) is 9.65. The largest absolute Gasteiger partial charge is 0.354 e. The van der Waals surface area contributed by atoms with Crippen LogP contribution >= 0.6 is 23.2 Å². The number of halogens is 2. The Balaban J connectivity index is 2.08. The number of carbonyl (C=O) groups is 2. The van der Waals surface area contributed by atoms with E-state index in [4.69, 9.17) is 23.2 Å². The highest BCUT2D eigenvalue weighted by atomic mass is 35.5. The van der Waals surface area contributed by atoms with E-state index in [1.54, 1.807) is 12.1 Å². The summed E-state index contributed by atoms with van der Waals surface area (Å²) in [4.78, 5) is 39.7. The summed E-state index contributed by atoms with van der Waals surface area (Å²) in [6, 6.07) is 17.8. The van der Waals surface area contributed by atoms with Crippen LogP contribution in [0.25, 0.3) is 0 Å². The summed E-state index contributed by atoms with van der Waals surface area (Å²) < 4.78 is 26.5. The summed E-state index contributed by atoms with van der Waals surface area (Å²) >= 11 is 12.5. The number of sulfonamides is 1. The third-order valence-electron chi connectivity index (χ3n) is 6.46. The van der Waals surface area contributed by atoms with E-state index in [0.717, 1.165) is 35.0 Å². The van der Waals surface area contributed by atoms with Gasteiger partial charge in [0.25, 0.3) is 5.69 Å². The van der Waals surface area contributed by atoms with Crippen molar-refractivity contribution in [3.63, 3.8) is 0 Å². The van der Waals surface area contributed by atoms with Crippen LogP contribution in [0, 0.1) is 10.1 Å². The van der Waals surface area contributed by atoms with Crippen LogP contribution in [0.4, 0.5) is 11.4 Å². The topological polar surface area (TPSA) is 130 Å². The van der Waals surface area contributed by atoms with Gasteiger partial charge in [0.15, 0.2) is 0 Å². The summed E-state index contributed by atoms with van der Waals surface area (Å²) in [5.74, 6) is -1.11. The van der Waals surface area contributed by atoms with Crippen molar-refractivity contribution < 1.29 is 22.9 Å². The predicted octanol–water partition coefficient (Wildman–Crippen LogP) is 5.22.